The fourth-order valence-corrected chi connectivity index (χ4v) is 4.15. The predicted molar refractivity (Wildman–Crippen MR) is 143 cm³/mol. The molecule has 4 amide bonds. The number of hydrogen-bond donors (Lipinski definition) is 5. The summed E-state index contributed by atoms with van der Waals surface area (Å²) in [5.74, 6) is 0.696. The molecule has 3 aromatic heterocycles. The van der Waals surface area contributed by atoms with Crippen LogP contribution in [0, 0.1) is 0 Å². The molecule has 1 aromatic carbocycles. The van der Waals surface area contributed by atoms with Crippen LogP contribution in [-0.2, 0) is 16.1 Å². The fourth-order valence-electron chi connectivity index (χ4n) is 4.15. The fraction of sp³-hybridized carbons (Fsp3) is 0.192. The molecule has 1 aliphatic heterocycles. The molecule has 1 aliphatic carbocycles. The van der Waals surface area contributed by atoms with E-state index in [0.717, 1.165) is 29.5 Å². The van der Waals surface area contributed by atoms with Crippen LogP contribution in [0.5, 0.6) is 0 Å². The van der Waals surface area contributed by atoms with Gasteiger partial charge in [-0.2, -0.15) is 19.6 Å². The monoisotopic (exact) mass is 524 g/mol. The van der Waals surface area contributed by atoms with E-state index >= 15 is 0 Å². The molecule has 13 heteroatoms. The van der Waals surface area contributed by atoms with Crippen molar-refractivity contribution >= 4 is 47.3 Å². The molecule has 0 radical (unpaired) electrons. The predicted octanol–water partition coefficient (Wildman–Crippen LogP) is 2.51. The van der Waals surface area contributed by atoms with Crippen LogP contribution >= 0.6 is 0 Å². The first-order chi connectivity index (χ1) is 18.9. The number of rotatable bonds is 8. The Labute approximate surface area is 222 Å². The van der Waals surface area contributed by atoms with E-state index in [1.807, 2.05) is 30.3 Å². The second kappa shape index (κ2) is 9.85. The van der Waals surface area contributed by atoms with E-state index in [4.69, 9.17) is 0 Å². The summed E-state index contributed by atoms with van der Waals surface area (Å²) in [5.41, 5.74) is 4.01. The van der Waals surface area contributed by atoms with Crippen LogP contribution in [-0.4, -0.2) is 48.5 Å². The van der Waals surface area contributed by atoms with Crippen LogP contribution in [0.25, 0.3) is 22.9 Å². The van der Waals surface area contributed by atoms with Crippen molar-refractivity contribution in [3.05, 3.63) is 65.6 Å². The smallest absolute Gasteiger partial charge is 0.326 e. The van der Waals surface area contributed by atoms with Crippen LogP contribution in [0.2, 0.25) is 0 Å². The minimum absolute atomic E-state index is 0.117. The number of imide groups is 1. The second-order valence-electron chi connectivity index (χ2n) is 9.22. The number of carbonyl (C=O) groups is 3. The molecule has 5 N–H and O–H groups in total. The van der Waals surface area contributed by atoms with Crippen LogP contribution in [0.15, 0.2) is 54.5 Å². The van der Waals surface area contributed by atoms with Gasteiger partial charge in [-0.3, -0.25) is 14.9 Å². The summed E-state index contributed by atoms with van der Waals surface area (Å²) >= 11 is 0. The van der Waals surface area contributed by atoms with Gasteiger partial charge in [-0.15, -0.1) is 0 Å². The summed E-state index contributed by atoms with van der Waals surface area (Å²) in [6, 6.07) is 11.3. The van der Waals surface area contributed by atoms with Gasteiger partial charge in [0, 0.05) is 36.8 Å². The third-order valence-electron chi connectivity index (χ3n) is 6.16. The molecule has 1 saturated heterocycles. The van der Waals surface area contributed by atoms with E-state index in [-0.39, 0.29) is 11.6 Å². The van der Waals surface area contributed by atoms with Gasteiger partial charge in [-0.1, -0.05) is 24.3 Å². The van der Waals surface area contributed by atoms with Crippen molar-refractivity contribution in [1.29, 1.82) is 0 Å². The summed E-state index contributed by atoms with van der Waals surface area (Å²) in [5, 5.41) is 18.4. The largest absolute Gasteiger partial charge is 0.351 e. The first-order valence-corrected chi connectivity index (χ1v) is 12.3. The Balaban J connectivity index is 1.29. The lowest BCUT2D eigenvalue weighted by molar-refractivity contribution is -0.116. The van der Waals surface area contributed by atoms with Gasteiger partial charge >= 0.3 is 6.03 Å². The van der Waals surface area contributed by atoms with Gasteiger partial charge in [-0.25, -0.2) is 9.78 Å². The quantitative estimate of drug-likeness (QED) is 0.172. The normalized spacial score (nSPS) is 15.8. The third-order valence-corrected chi connectivity index (χ3v) is 6.16. The number of hydrogen-bond acceptors (Lipinski definition) is 9. The number of urea groups is 1. The summed E-state index contributed by atoms with van der Waals surface area (Å²) < 4.78 is 1.58. The number of amides is 4. The van der Waals surface area contributed by atoms with Crippen molar-refractivity contribution in [3.63, 3.8) is 0 Å². The molecule has 1 saturated carbocycles. The molecule has 0 spiro atoms. The molecular weight excluding hydrogens is 500 g/mol. The zero-order chi connectivity index (χ0) is 26.9. The Kier molecular flexibility index (Phi) is 6.07. The molecular formula is C26H24N10O3. The highest BCUT2D eigenvalue weighted by Gasteiger charge is 2.26. The number of nitrogens with one attached hydrogen (secondary N) is 5. The molecule has 13 nitrogen and oxygen atoms in total. The standard InChI is InChI=1S/C26H24N10O3/c1-14(37)30-21-9-6-16(11-27-21)19-5-3-2-4-15(19)12-28-24-33-22-17(10-20-23(38)34-26(39)32-20)13-29-36(22)25(35-24)31-18-7-8-18/h2-6,9-11,13,18H,7-8,12H2,1H3,(H,27,30,37)(H2,28,31,33,35)(H2,32,34,38,39)/b20-10-. The average Bonchev–Trinajstić information content (AvgIpc) is 3.55. The van der Waals surface area contributed by atoms with Gasteiger partial charge in [0.05, 0.1) is 6.20 Å². The van der Waals surface area contributed by atoms with Crippen LogP contribution in [0.3, 0.4) is 0 Å². The maximum absolute atomic E-state index is 12.0. The molecule has 0 atom stereocenters. The lowest BCUT2D eigenvalue weighted by Gasteiger charge is -2.13. The summed E-state index contributed by atoms with van der Waals surface area (Å²) in [7, 11) is 0. The number of benzene rings is 1. The molecule has 196 valence electrons. The minimum atomic E-state index is -0.575. The highest BCUT2D eigenvalue weighted by molar-refractivity contribution is 6.14. The Morgan fingerprint density at radius 2 is 1.95 bits per heavy atom. The number of carbonyl (C=O) groups excluding carboxylic acids is 3. The molecule has 6 rings (SSSR count). The van der Waals surface area contributed by atoms with Crippen molar-refractivity contribution in [2.75, 3.05) is 16.0 Å². The van der Waals surface area contributed by atoms with E-state index in [2.05, 4.69) is 46.6 Å². The van der Waals surface area contributed by atoms with Crippen LogP contribution in [0.4, 0.5) is 22.5 Å². The topological polar surface area (TPSA) is 167 Å². The van der Waals surface area contributed by atoms with Gasteiger partial charge in [-0.05, 0) is 42.2 Å². The van der Waals surface area contributed by atoms with Gasteiger partial charge in [0.1, 0.15) is 11.5 Å². The molecule has 2 aliphatic rings. The van der Waals surface area contributed by atoms with Gasteiger partial charge in [0.2, 0.25) is 17.8 Å². The minimum Gasteiger partial charge on any atom is -0.351 e. The Morgan fingerprint density at radius 3 is 2.67 bits per heavy atom. The maximum atomic E-state index is 12.0. The van der Waals surface area contributed by atoms with Gasteiger partial charge in [0.15, 0.2) is 5.65 Å². The molecule has 2 fully saturated rings. The van der Waals surface area contributed by atoms with E-state index in [1.54, 1.807) is 23.0 Å². The van der Waals surface area contributed by atoms with Crippen molar-refractivity contribution in [2.24, 2.45) is 0 Å². The van der Waals surface area contributed by atoms with Crippen LogP contribution in [0.1, 0.15) is 30.9 Å². The number of nitrogens with zero attached hydrogens (tertiary/aromatic N) is 5. The lowest BCUT2D eigenvalue weighted by atomic mass is 10.0. The maximum Gasteiger partial charge on any atom is 0.326 e. The SMILES string of the molecule is CC(=O)Nc1ccc(-c2ccccc2CNc2nc(NC3CC3)n3ncc(/C=C4\NC(=O)NC4=O)c3n2)cn1. The molecule has 4 heterocycles. The highest BCUT2D eigenvalue weighted by Crippen LogP contribution is 2.27. The summed E-state index contributed by atoms with van der Waals surface area (Å²) in [6.07, 6.45) is 6.91. The molecule has 0 unspecified atom stereocenters. The number of pyridine rings is 1. The second-order valence-corrected chi connectivity index (χ2v) is 9.22. The van der Waals surface area contributed by atoms with E-state index in [9.17, 15) is 14.4 Å². The van der Waals surface area contributed by atoms with Gasteiger partial charge in [0.25, 0.3) is 5.91 Å². The number of aromatic nitrogens is 5. The first-order valence-electron chi connectivity index (χ1n) is 12.3. The lowest BCUT2D eigenvalue weighted by Crippen LogP contribution is -2.22. The molecule has 39 heavy (non-hydrogen) atoms. The number of fused-ring (bicyclic) bond motifs is 1. The summed E-state index contributed by atoms with van der Waals surface area (Å²) in [6.45, 7) is 1.86. The molecule has 4 aromatic rings. The Morgan fingerprint density at radius 1 is 1.10 bits per heavy atom. The highest BCUT2D eigenvalue weighted by atomic mass is 16.2. The van der Waals surface area contributed by atoms with E-state index in [1.165, 1.54) is 13.0 Å². The van der Waals surface area contributed by atoms with Crippen molar-refractivity contribution < 1.29 is 14.4 Å². The zero-order valence-electron chi connectivity index (χ0n) is 20.9. The molecule has 0 bridgehead atoms. The van der Waals surface area contributed by atoms with Crippen molar-refractivity contribution in [1.82, 2.24) is 35.2 Å². The van der Waals surface area contributed by atoms with E-state index < -0.39 is 11.9 Å². The van der Waals surface area contributed by atoms with Crippen LogP contribution < -0.4 is 26.6 Å². The third kappa shape index (κ3) is 5.23. The van der Waals surface area contributed by atoms with E-state index in [0.29, 0.717) is 41.5 Å². The Hall–Kier alpha value is -5.33. The Bertz CT molecular complexity index is 1640. The number of anilines is 3. The summed E-state index contributed by atoms with van der Waals surface area (Å²) in [4.78, 5) is 48.5. The zero-order valence-corrected chi connectivity index (χ0v) is 20.9. The average molecular weight is 525 g/mol. The van der Waals surface area contributed by atoms with Crippen molar-refractivity contribution in [3.8, 4) is 11.1 Å². The first kappa shape index (κ1) is 24.0. The van der Waals surface area contributed by atoms with Crippen molar-refractivity contribution in [2.45, 2.75) is 32.4 Å². The van der Waals surface area contributed by atoms with Gasteiger partial charge < -0.3 is 21.3 Å².